The van der Waals surface area contributed by atoms with Gasteiger partial charge in [0.15, 0.2) is 0 Å². The molecule has 4 nitrogen and oxygen atoms in total. The Bertz CT molecular complexity index is 390. The zero-order valence-corrected chi connectivity index (χ0v) is 9.72. The van der Waals surface area contributed by atoms with Gasteiger partial charge < -0.3 is 16.0 Å². The van der Waals surface area contributed by atoms with Gasteiger partial charge in [0.25, 0.3) is 0 Å². The minimum atomic E-state index is -0.161. The van der Waals surface area contributed by atoms with Crippen LogP contribution >= 0.6 is 11.6 Å². The molecule has 3 N–H and O–H groups in total. The Morgan fingerprint density at radius 2 is 2.07 bits per heavy atom. The summed E-state index contributed by atoms with van der Waals surface area (Å²) >= 11 is 5.94. The van der Waals surface area contributed by atoms with Crippen molar-refractivity contribution in [1.29, 1.82) is 0 Å². The van der Waals surface area contributed by atoms with Crippen LogP contribution in [0.5, 0.6) is 0 Å². The van der Waals surface area contributed by atoms with Crippen LogP contribution in [0.25, 0.3) is 0 Å². The third-order valence-corrected chi connectivity index (χ3v) is 2.22. The van der Waals surface area contributed by atoms with Crippen molar-refractivity contribution in [2.45, 2.75) is 6.92 Å². The van der Waals surface area contributed by atoms with E-state index >= 15 is 0 Å². The van der Waals surface area contributed by atoms with Gasteiger partial charge in [0.05, 0.1) is 22.1 Å². The first-order valence-corrected chi connectivity index (χ1v) is 4.83. The molecule has 1 aromatic rings. The quantitative estimate of drug-likeness (QED) is 0.760. The lowest BCUT2D eigenvalue weighted by molar-refractivity contribution is -0.114. The SMILES string of the molecule is CC(=O)Nc1cc(N(C)C)c(N)cc1Cl. The molecule has 0 aromatic heterocycles. The summed E-state index contributed by atoms with van der Waals surface area (Å²) in [4.78, 5) is 12.8. The highest BCUT2D eigenvalue weighted by molar-refractivity contribution is 6.34. The van der Waals surface area contributed by atoms with Gasteiger partial charge in [-0.2, -0.15) is 0 Å². The van der Waals surface area contributed by atoms with Crippen LogP contribution in [0, 0.1) is 0 Å². The van der Waals surface area contributed by atoms with Crippen LogP contribution in [-0.4, -0.2) is 20.0 Å². The van der Waals surface area contributed by atoms with Crippen molar-refractivity contribution in [1.82, 2.24) is 0 Å². The van der Waals surface area contributed by atoms with Crippen molar-refractivity contribution < 1.29 is 4.79 Å². The average molecular weight is 228 g/mol. The molecule has 1 rings (SSSR count). The van der Waals surface area contributed by atoms with E-state index in [2.05, 4.69) is 5.32 Å². The molecule has 15 heavy (non-hydrogen) atoms. The predicted octanol–water partition coefficient (Wildman–Crippen LogP) is 1.95. The van der Waals surface area contributed by atoms with Crippen molar-refractivity contribution in [3.63, 3.8) is 0 Å². The number of nitrogens with zero attached hydrogens (tertiary/aromatic N) is 1. The van der Waals surface area contributed by atoms with E-state index in [1.807, 2.05) is 19.0 Å². The second-order valence-corrected chi connectivity index (χ2v) is 3.87. The number of carbonyl (C=O) groups is 1. The highest BCUT2D eigenvalue weighted by Gasteiger charge is 2.08. The number of halogens is 1. The fourth-order valence-corrected chi connectivity index (χ4v) is 1.47. The van der Waals surface area contributed by atoms with Crippen molar-refractivity contribution in [3.8, 4) is 0 Å². The molecule has 0 aliphatic heterocycles. The minimum absolute atomic E-state index is 0.161. The number of nitrogens with one attached hydrogen (secondary N) is 1. The fourth-order valence-electron chi connectivity index (χ4n) is 1.25. The van der Waals surface area contributed by atoms with E-state index in [9.17, 15) is 4.79 Å². The highest BCUT2D eigenvalue weighted by Crippen LogP contribution is 2.32. The number of benzene rings is 1. The van der Waals surface area contributed by atoms with Crippen LogP contribution in [0.15, 0.2) is 12.1 Å². The Balaban J connectivity index is 3.17. The largest absolute Gasteiger partial charge is 0.397 e. The maximum absolute atomic E-state index is 10.9. The smallest absolute Gasteiger partial charge is 0.221 e. The molecule has 5 heteroatoms. The minimum Gasteiger partial charge on any atom is -0.397 e. The number of anilines is 3. The molecular weight excluding hydrogens is 214 g/mol. The number of rotatable bonds is 2. The summed E-state index contributed by atoms with van der Waals surface area (Å²) in [6.45, 7) is 1.43. The molecule has 0 spiro atoms. The van der Waals surface area contributed by atoms with E-state index < -0.39 is 0 Å². The maximum Gasteiger partial charge on any atom is 0.221 e. The topological polar surface area (TPSA) is 58.4 Å². The standard InChI is InChI=1S/C10H14ClN3O/c1-6(15)13-9-5-10(14(2)3)8(12)4-7(9)11/h4-5H,12H2,1-3H3,(H,13,15). The van der Waals surface area contributed by atoms with Crippen LogP contribution in [0.2, 0.25) is 5.02 Å². The van der Waals surface area contributed by atoms with Gasteiger partial charge in [0, 0.05) is 21.0 Å². The average Bonchev–Trinajstić information content (AvgIpc) is 2.08. The zero-order chi connectivity index (χ0) is 11.6. The zero-order valence-electron chi connectivity index (χ0n) is 8.97. The number of nitrogens with two attached hydrogens (primary N) is 1. The first-order chi connectivity index (χ1) is 6.91. The first-order valence-electron chi connectivity index (χ1n) is 4.45. The second kappa shape index (κ2) is 4.40. The molecule has 0 unspecified atom stereocenters. The molecule has 0 aliphatic carbocycles. The summed E-state index contributed by atoms with van der Waals surface area (Å²) in [6, 6.07) is 3.38. The molecule has 82 valence electrons. The number of hydrogen-bond donors (Lipinski definition) is 2. The molecule has 0 saturated carbocycles. The molecule has 0 fully saturated rings. The molecule has 0 heterocycles. The van der Waals surface area contributed by atoms with Gasteiger partial charge in [-0.1, -0.05) is 11.6 Å². The summed E-state index contributed by atoms with van der Waals surface area (Å²) in [5.74, 6) is -0.161. The van der Waals surface area contributed by atoms with Crippen LogP contribution in [-0.2, 0) is 4.79 Å². The van der Waals surface area contributed by atoms with Crippen LogP contribution < -0.4 is 16.0 Å². The van der Waals surface area contributed by atoms with Gasteiger partial charge in [0.1, 0.15) is 0 Å². The van der Waals surface area contributed by atoms with Crippen LogP contribution in [0.3, 0.4) is 0 Å². The van der Waals surface area contributed by atoms with E-state index in [0.29, 0.717) is 16.4 Å². The van der Waals surface area contributed by atoms with Gasteiger partial charge in [-0.3, -0.25) is 4.79 Å². The third-order valence-electron chi connectivity index (χ3n) is 1.91. The fraction of sp³-hybridized carbons (Fsp3) is 0.300. The van der Waals surface area contributed by atoms with Crippen LogP contribution in [0.4, 0.5) is 17.1 Å². The molecule has 1 aromatic carbocycles. The molecule has 0 aliphatic rings. The molecular formula is C10H14ClN3O. The third kappa shape index (κ3) is 2.76. The van der Waals surface area contributed by atoms with Gasteiger partial charge >= 0.3 is 0 Å². The molecule has 1 amide bonds. The Morgan fingerprint density at radius 3 is 2.53 bits per heavy atom. The lowest BCUT2D eigenvalue weighted by atomic mass is 10.2. The van der Waals surface area contributed by atoms with Crippen molar-refractivity contribution in [3.05, 3.63) is 17.2 Å². The van der Waals surface area contributed by atoms with Gasteiger partial charge in [-0.05, 0) is 12.1 Å². The summed E-state index contributed by atoms with van der Waals surface area (Å²) in [6.07, 6.45) is 0. The normalized spacial score (nSPS) is 9.87. The summed E-state index contributed by atoms with van der Waals surface area (Å²) in [5.41, 5.74) is 7.76. The Morgan fingerprint density at radius 1 is 1.47 bits per heavy atom. The predicted molar refractivity (Wildman–Crippen MR) is 64.5 cm³/mol. The number of amides is 1. The van der Waals surface area contributed by atoms with Gasteiger partial charge in [0.2, 0.25) is 5.91 Å². The number of nitrogen functional groups attached to an aromatic ring is 1. The summed E-state index contributed by atoms with van der Waals surface area (Å²) in [5, 5.41) is 3.08. The maximum atomic E-state index is 10.9. The molecule has 0 radical (unpaired) electrons. The van der Waals surface area contributed by atoms with E-state index in [0.717, 1.165) is 5.69 Å². The van der Waals surface area contributed by atoms with Crippen LogP contribution in [0.1, 0.15) is 6.92 Å². The summed E-state index contributed by atoms with van der Waals surface area (Å²) < 4.78 is 0. The second-order valence-electron chi connectivity index (χ2n) is 3.47. The molecule has 0 atom stereocenters. The lowest BCUT2D eigenvalue weighted by Crippen LogP contribution is -2.13. The Labute approximate surface area is 94.0 Å². The monoisotopic (exact) mass is 227 g/mol. The first kappa shape index (κ1) is 11.7. The van der Waals surface area contributed by atoms with Gasteiger partial charge in [-0.15, -0.1) is 0 Å². The van der Waals surface area contributed by atoms with Crippen molar-refractivity contribution >= 4 is 34.6 Å². The number of hydrogen-bond acceptors (Lipinski definition) is 3. The van der Waals surface area contributed by atoms with E-state index in [1.54, 1.807) is 12.1 Å². The summed E-state index contributed by atoms with van der Waals surface area (Å²) in [7, 11) is 3.74. The van der Waals surface area contributed by atoms with Gasteiger partial charge in [-0.25, -0.2) is 0 Å². The van der Waals surface area contributed by atoms with E-state index in [4.69, 9.17) is 17.3 Å². The Hall–Kier alpha value is -1.42. The van der Waals surface area contributed by atoms with E-state index in [1.165, 1.54) is 6.92 Å². The highest BCUT2D eigenvalue weighted by atomic mass is 35.5. The molecule has 0 bridgehead atoms. The van der Waals surface area contributed by atoms with E-state index in [-0.39, 0.29) is 5.91 Å². The lowest BCUT2D eigenvalue weighted by Gasteiger charge is -2.17. The van der Waals surface area contributed by atoms with Crippen molar-refractivity contribution in [2.24, 2.45) is 0 Å². The molecule has 0 saturated heterocycles. The Kier molecular flexibility index (Phi) is 3.42. The van der Waals surface area contributed by atoms with Crippen molar-refractivity contribution in [2.75, 3.05) is 30.0 Å². The number of carbonyl (C=O) groups excluding carboxylic acids is 1.